The van der Waals surface area contributed by atoms with E-state index >= 15 is 0 Å². The maximum Gasteiger partial charge on any atom is 0.0670 e. The van der Waals surface area contributed by atoms with Crippen molar-refractivity contribution >= 4 is 0 Å². The predicted octanol–water partition coefficient (Wildman–Crippen LogP) is 2.95. The first-order valence-corrected chi connectivity index (χ1v) is 7.88. The van der Waals surface area contributed by atoms with E-state index in [4.69, 9.17) is 0 Å². The minimum atomic E-state index is 0.729. The number of hydrogen-bond acceptors (Lipinski definition) is 3. The van der Waals surface area contributed by atoms with Crippen LogP contribution in [0.1, 0.15) is 42.8 Å². The zero-order valence-electron chi connectivity index (χ0n) is 13.0. The molecule has 0 aliphatic carbocycles. The van der Waals surface area contributed by atoms with Crippen molar-refractivity contribution in [1.29, 1.82) is 0 Å². The summed E-state index contributed by atoms with van der Waals surface area (Å²) in [5.41, 5.74) is 5.34. The van der Waals surface area contributed by atoms with Crippen molar-refractivity contribution in [3.05, 3.63) is 47.0 Å². The zero-order valence-corrected chi connectivity index (χ0v) is 13.0. The van der Waals surface area contributed by atoms with Gasteiger partial charge in [0.2, 0.25) is 0 Å². The van der Waals surface area contributed by atoms with E-state index in [1.54, 1.807) is 0 Å². The lowest BCUT2D eigenvalue weighted by Crippen LogP contribution is -2.30. The summed E-state index contributed by atoms with van der Waals surface area (Å²) < 4.78 is 0. The second-order valence-corrected chi connectivity index (χ2v) is 6.38. The molecule has 112 valence electrons. The molecular formula is C17H24N4. The van der Waals surface area contributed by atoms with Crippen LogP contribution < -0.4 is 0 Å². The van der Waals surface area contributed by atoms with E-state index in [1.807, 2.05) is 18.5 Å². The van der Waals surface area contributed by atoms with Crippen molar-refractivity contribution in [2.45, 2.75) is 46.2 Å². The van der Waals surface area contributed by atoms with Crippen LogP contribution in [-0.2, 0) is 25.9 Å². The SMILES string of the molecule is CC(C)CCc1n[nH]c2c1CN(Cc1cccnc1)CC2. The first-order valence-electron chi connectivity index (χ1n) is 7.88. The lowest BCUT2D eigenvalue weighted by Gasteiger charge is -2.27. The predicted molar refractivity (Wildman–Crippen MR) is 83.8 cm³/mol. The Morgan fingerprint density at radius 1 is 1.38 bits per heavy atom. The second kappa shape index (κ2) is 6.39. The summed E-state index contributed by atoms with van der Waals surface area (Å²) in [5.74, 6) is 0.729. The zero-order chi connectivity index (χ0) is 14.7. The van der Waals surface area contributed by atoms with Crippen molar-refractivity contribution in [3.63, 3.8) is 0 Å². The summed E-state index contributed by atoms with van der Waals surface area (Å²) in [6, 6.07) is 4.16. The van der Waals surface area contributed by atoms with E-state index in [0.717, 1.165) is 38.4 Å². The van der Waals surface area contributed by atoms with E-state index < -0.39 is 0 Å². The fourth-order valence-electron chi connectivity index (χ4n) is 2.93. The molecular weight excluding hydrogens is 260 g/mol. The molecule has 0 spiro atoms. The number of pyridine rings is 1. The highest BCUT2D eigenvalue weighted by molar-refractivity contribution is 5.28. The largest absolute Gasteiger partial charge is 0.294 e. The first-order chi connectivity index (χ1) is 10.2. The van der Waals surface area contributed by atoms with Crippen molar-refractivity contribution in [2.24, 2.45) is 5.92 Å². The van der Waals surface area contributed by atoms with E-state index in [9.17, 15) is 0 Å². The Balaban J connectivity index is 1.67. The average molecular weight is 284 g/mol. The molecule has 2 aromatic rings. The highest BCUT2D eigenvalue weighted by atomic mass is 15.2. The van der Waals surface area contributed by atoms with Gasteiger partial charge in [-0.05, 0) is 30.4 Å². The van der Waals surface area contributed by atoms with Gasteiger partial charge in [-0.1, -0.05) is 19.9 Å². The van der Waals surface area contributed by atoms with Gasteiger partial charge >= 0.3 is 0 Å². The van der Waals surface area contributed by atoms with Crippen LogP contribution in [0.3, 0.4) is 0 Å². The molecule has 0 fully saturated rings. The lowest BCUT2D eigenvalue weighted by atomic mass is 9.99. The maximum absolute atomic E-state index is 4.55. The quantitative estimate of drug-likeness (QED) is 0.918. The highest BCUT2D eigenvalue weighted by Crippen LogP contribution is 2.23. The summed E-state index contributed by atoms with van der Waals surface area (Å²) in [5, 5.41) is 7.79. The third-order valence-electron chi connectivity index (χ3n) is 4.19. The van der Waals surface area contributed by atoms with Gasteiger partial charge in [0.15, 0.2) is 0 Å². The molecule has 0 saturated carbocycles. The van der Waals surface area contributed by atoms with Crippen LogP contribution in [0.15, 0.2) is 24.5 Å². The fraction of sp³-hybridized carbons (Fsp3) is 0.529. The molecule has 0 atom stereocenters. The summed E-state index contributed by atoms with van der Waals surface area (Å²) in [7, 11) is 0. The van der Waals surface area contributed by atoms with E-state index in [0.29, 0.717) is 0 Å². The van der Waals surface area contributed by atoms with Gasteiger partial charge in [-0.2, -0.15) is 5.10 Å². The van der Waals surface area contributed by atoms with Crippen molar-refractivity contribution in [1.82, 2.24) is 20.1 Å². The van der Waals surface area contributed by atoms with Crippen LogP contribution in [0.25, 0.3) is 0 Å². The Hall–Kier alpha value is -1.68. The molecule has 4 heteroatoms. The lowest BCUT2D eigenvalue weighted by molar-refractivity contribution is 0.243. The van der Waals surface area contributed by atoms with E-state index in [2.05, 4.69) is 40.0 Å². The minimum absolute atomic E-state index is 0.729. The Kier molecular flexibility index (Phi) is 4.34. The normalized spacial score (nSPS) is 15.4. The van der Waals surface area contributed by atoms with Crippen molar-refractivity contribution in [2.75, 3.05) is 6.54 Å². The van der Waals surface area contributed by atoms with Crippen LogP contribution in [0.4, 0.5) is 0 Å². The van der Waals surface area contributed by atoms with E-state index in [1.165, 1.54) is 28.9 Å². The highest BCUT2D eigenvalue weighted by Gasteiger charge is 2.21. The number of aromatic nitrogens is 3. The third-order valence-corrected chi connectivity index (χ3v) is 4.19. The summed E-state index contributed by atoms with van der Waals surface area (Å²) in [4.78, 5) is 6.70. The van der Waals surface area contributed by atoms with Gasteiger partial charge in [-0.3, -0.25) is 15.0 Å². The Morgan fingerprint density at radius 3 is 3.05 bits per heavy atom. The van der Waals surface area contributed by atoms with Gasteiger partial charge in [0.1, 0.15) is 0 Å². The number of rotatable bonds is 5. The molecule has 0 saturated heterocycles. The Bertz CT molecular complexity index is 574. The number of fused-ring (bicyclic) bond motifs is 1. The molecule has 0 radical (unpaired) electrons. The molecule has 2 aromatic heterocycles. The number of hydrogen-bond donors (Lipinski definition) is 1. The maximum atomic E-state index is 4.55. The van der Waals surface area contributed by atoms with Gasteiger partial charge in [-0.15, -0.1) is 0 Å². The smallest absolute Gasteiger partial charge is 0.0670 e. The number of aromatic amines is 1. The molecule has 21 heavy (non-hydrogen) atoms. The number of H-pyrrole nitrogens is 1. The standard InChI is InChI=1S/C17H24N4/c1-13(2)5-6-16-15-12-21(9-7-17(15)20-19-16)11-14-4-3-8-18-10-14/h3-4,8,10,13H,5-7,9,11-12H2,1-2H3,(H,19,20). The molecule has 1 aliphatic rings. The second-order valence-electron chi connectivity index (χ2n) is 6.38. The van der Waals surface area contributed by atoms with Crippen molar-refractivity contribution < 1.29 is 0 Å². The first kappa shape index (κ1) is 14.3. The summed E-state index contributed by atoms with van der Waals surface area (Å²) in [6.07, 6.45) is 7.16. The van der Waals surface area contributed by atoms with Crippen LogP contribution in [0.2, 0.25) is 0 Å². The van der Waals surface area contributed by atoms with Crippen LogP contribution in [0, 0.1) is 5.92 Å². The number of nitrogens with one attached hydrogen (secondary N) is 1. The number of aryl methyl sites for hydroxylation is 1. The van der Waals surface area contributed by atoms with Crippen LogP contribution in [0.5, 0.6) is 0 Å². The topological polar surface area (TPSA) is 44.8 Å². The van der Waals surface area contributed by atoms with Gasteiger partial charge in [0, 0.05) is 49.7 Å². The minimum Gasteiger partial charge on any atom is -0.294 e. The molecule has 1 aliphatic heterocycles. The summed E-state index contributed by atoms with van der Waals surface area (Å²) >= 11 is 0. The molecule has 0 aromatic carbocycles. The van der Waals surface area contributed by atoms with Gasteiger partial charge in [0.25, 0.3) is 0 Å². The average Bonchev–Trinajstić information content (AvgIpc) is 2.88. The molecule has 0 bridgehead atoms. The number of nitrogens with zero attached hydrogens (tertiary/aromatic N) is 3. The van der Waals surface area contributed by atoms with Gasteiger partial charge in [-0.25, -0.2) is 0 Å². The molecule has 0 unspecified atom stereocenters. The molecule has 4 nitrogen and oxygen atoms in total. The molecule has 1 N–H and O–H groups in total. The Labute approximate surface area is 126 Å². The molecule has 3 heterocycles. The Morgan fingerprint density at radius 2 is 2.29 bits per heavy atom. The van der Waals surface area contributed by atoms with Gasteiger partial charge in [0.05, 0.1) is 5.69 Å². The van der Waals surface area contributed by atoms with Crippen LogP contribution >= 0.6 is 0 Å². The fourth-order valence-corrected chi connectivity index (χ4v) is 2.93. The van der Waals surface area contributed by atoms with E-state index in [-0.39, 0.29) is 0 Å². The molecule has 0 amide bonds. The van der Waals surface area contributed by atoms with Crippen molar-refractivity contribution in [3.8, 4) is 0 Å². The molecule has 3 rings (SSSR count). The summed E-state index contributed by atoms with van der Waals surface area (Å²) in [6.45, 7) is 7.62. The van der Waals surface area contributed by atoms with Crippen LogP contribution in [-0.4, -0.2) is 26.6 Å². The third kappa shape index (κ3) is 3.50. The van der Waals surface area contributed by atoms with Gasteiger partial charge < -0.3 is 0 Å². The monoisotopic (exact) mass is 284 g/mol.